The molecule has 0 bridgehead atoms. The summed E-state index contributed by atoms with van der Waals surface area (Å²) in [6.07, 6.45) is 2.08. The van der Waals surface area contributed by atoms with Crippen molar-refractivity contribution in [1.29, 1.82) is 0 Å². The molecule has 0 saturated heterocycles. The van der Waals surface area contributed by atoms with E-state index in [1.54, 1.807) is 12.1 Å². The average Bonchev–Trinajstić information content (AvgIpc) is 2.84. The molecule has 1 heterocycles. The van der Waals surface area contributed by atoms with Gasteiger partial charge in [0, 0.05) is 52.9 Å². The molecule has 218 valence electrons. The second-order valence-electron chi connectivity index (χ2n) is 12.6. The summed E-state index contributed by atoms with van der Waals surface area (Å²) in [6.45, 7) is 11.0. The topological polar surface area (TPSA) is 80.8 Å². The number of Topliss-reactive ketones (excluding diaryl/α,β-unsaturated/α-hetero) is 2. The fraction of sp³-hybridized carbons (Fsp3) is 0.419. The predicted octanol–water partition coefficient (Wildman–Crippen LogP) is 8.12. The number of carbonyl (C=O) groups is 2. The maximum absolute atomic E-state index is 13.8. The number of hydrogen-bond acceptors (Lipinski definition) is 6. The SMILES string of the molecule is CCN1C2=C(C(=O)CC(C)(C)C2)C(c2cc(Cl)c(OS(=O)(=O)c3ccc(Cl)cc3)c(Cl)c2)C2=C1CC(C)(C)CC2=O. The summed E-state index contributed by atoms with van der Waals surface area (Å²) in [7, 11) is -4.27. The molecule has 0 fully saturated rings. The number of hydrogen-bond donors (Lipinski definition) is 0. The molecule has 41 heavy (non-hydrogen) atoms. The molecular weight excluding hydrogens is 605 g/mol. The zero-order valence-corrected chi connectivity index (χ0v) is 26.7. The Bertz CT molecular complexity index is 1560. The number of halogens is 3. The molecule has 6 nitrogen and oxygen atoms in total. The number of nitrogens with zero attached hydrogens (tertiary/aromatic N) is 1. The van der Waals surface area contributed by atoms with Crippen molar-refractivity contribution in [2.24, 2.45) is 10.8 Å². The molecule has 2 aromatic carbocycles. The van der Waals surface area contributed by atoms with Gasteiger partial charge in [-0.05, 0) is 72.6 Å². The van der Waals surface area contributed by atoms with E-state index >= 15 is 0 Å². The van der Waals surface area contributed by atoms with Crippen molar-refractivity contribution in [1.82, 2.24) is 4.90 Å². The summed E-state index contributed by atoms with van der Waals surface area (Å²) in [6, 6.07) is 8.64. The van der Waals surface area contributed by atoms with Crippen LogP contribution >= 0.6 is 34.8 Å². The third-order valence-corrected chi connectivity index (χ3v) is 10.0. The molecule has 2 aromatic rings. The van der Waals surface area contributed by atoms with Crippen LogP contribution in [0.15, 0.2) is 63.8 Å². The van der Waals surface area contributed by atoms with Crippen LogP contribution in [-0.2, 0) is 19.7 Å². The van der Waals surface area contributed by atoms with Gasteiger partial charge in [0.25, 0.3) is 0 Å². The summed E-state index contributed by atoms with van der Waals surface area (Å²) in [5.41, 5.74) is 3.13. The number of rotatable bonds is 5. The van der Waals surface area contributed by atoms with Crippen LogP contribution in [0.5, 0.6) is 5.75 Å². The van der Waals surface area contributed by atoms with Crippen molar-refractivity contribution in [2.75, 3.05) is 6.54 Å². The van der Waals surface area contributed by atoms with E-state index < -0.39 is 16.0 Å². The first-order chi connectivity index (χ1) is 19.0. The van der Waals surface area contributed by atoms with Crippen LogP contribution in [0.1, 0.15) is 71.8 Å². The molecule has 0 aromatic heterocycles. The monoisotopic (exact) mass is 635 g/mol. The Morgan fingerprint density at radius 2 is 1.29 bits per heavy atom. The molecule has 1 aliphatic heterocycles. The van der Waals surface area contributed by atoms with Gasteiger partial charge in [-0.1, -0.05) is 62.5 Å². The van der Waals surface area contributed by atoms with Gasteiger partial charge in [0.1, 0.15) is 4.90 Å². The summed E-state index contributed by atoms with van der Waals surface area (Å²) >= 11 is 19.2. The Morgan fingerprint density at radius 3 is 1.73 bits per heavy atom. The molecule has 0 unspecified atom stereocenters. The van der Waals surface area contributed by atoms with Crippen LogP contribution in [0.4, 0.5) is 0 Å². The van der Waals surface area contributed by atoms with E-state index in [2.05, 4.69) is 32.6 Å². The first-order valence-electron chi connectivity index (χ1n) is 13.5. The second-order valence-corrected chi connectivity index (χ2v) is 15.4. The van der Waals surface area contributed by atoms with E-state index in [0.29, 0.717) is 54.0 Å². The minimum absolute atomic E-state index is 0.0122. The van der Waals surface area contributed by atoms with Crippen LogP contribution in [0.25, 0.3) is 0 Å². The lowest BCUT2D eigenvalue weighted by Crippen LogP contribution is -2.44. The Labute approximate surface area is 256 Å². The summed E-state index contributed by atoms with van der Waals surface area (Å²) < 4.78 is 31.3. The van der Waals surface area contributed by atoms with Gasteiger partial charge in [0.15, 0.2) is 17.3 Å². The molecule has 0 N–H and O–H groups in total. The normalized spacial score (nSPS) is 20.7. The van der Waals surface area contributed by atoms with E-state index in [9.17, 15) is 18.0 Å². The van der Waals surface area contributed by atoms with Crippen molar-refractivity contribution in [3.8, 4) is 5.75 Å². The maximum Gasteiger partial charge on any atom is 0.339 e. The highest BCUT2D eigenvalue weighted by Gasteiger charge is 2.48. The molecule has 0 saturated carbocycles. The standard InChI is InChI=1S/C31H32Cl3NO5S/c1-6-35-22-13-30(2,3)15-24(36)27(22)26(28-23(35)14-31(4,5)16-25(28)37)17-11-20(33)29(21(34)12-17)40-41(38,39)19-9-7-18(32)8-10-19/h7-12,26H,6,13-16H2,1-5H3. The van der Waals surface area contributed by atoms with Gasteiger partial charge in [-0.2, -0.15) is 8.42 Å². The van der Waals surface area contributed by atoms with E-state index in [1.807, 2.05) is 6.92 Å². The van der Waals surface area contributed by atoms with E-state index in [1.165, 1.54) is 24.3 Å². The fourth-order valence-corrected chi connectivity index (χ4v) is 8.11. The molecule has 0 amide bonds. The van der Waals surface area contributed by atoms with Crippen LogP contribution in [-0.4, -0.2) is 31.4 Å². The van der Waals surface area contributed by atoms with Gasteiger partial charge >= 0.3 is 10.1 Å². The van der Waals surface area contributed by atoms with E-state index in [-0.39, 0.29) is 43.1 Å². The maximum atomic E-state index is 13.8. The molecule has 2 aliphatic carbocycles. The van der Waals surface area contributed by atoms with Crippen LogP contribution in [0.2, 0.25) is 15.1 Å². The predicted molar refractivity (Wildman–Crippen MR) is 161 cm³/mol. The molecule has 0 radical (unpaired) electrons. The van der Waals surface area contributed by atoms with Crippen LogP contribution < -0.4 is 4.18 Å². The van der Waals surface area contributed by atoms with Crippen LogP contribution in [0, 0.1) is 10.8 Å². The fourth-order valence-electron chi connectivity index (χ4n) is 6.35. The second kappa shape index (κ2) is 10.4. The van der Waals surface area contributed by atoms with Gasteiger partial charge in [-0.25, -0.2) is 0 Å². The van der Waals surface area contributed by atoms with Gasteiger partial charge in [0.2, 0.25) is 0 Å². The Morgan fingerprint density at radius 1 is 0.829 bits per heavy atom. The lowest BCUT2D eigenvalue weighted by atomic mass is 9.63. The van der Waals surface area contributed by atoms with Gasteiger partial charge in [-0.15, -0.1) is 0 Å². The third-order valence-electron chi connectivity index (χ3n) is 7.99. The van der Waals surface area contributed by atoms with E-state index in [4.69, 9.17) is 39.0 Å². The summed E-state index contributed by atoms with van der Waals surface area (Å²) in [5.74, 6) is -0.913. The molecule has 10 heteroatoms. The zero-order chi connectivity index (χ0) is 30.1. The van der Waals surface area contributed by atoms with Crippen LogP contribution in [0.3, 0.4) is 0 Å². The minimum atomic E-state index is -4.27. The highest BCUT2D eigenvalue weighted by atomic mass is 35.5. The number of carbonyl (C=O) groups excluding carboxylic acids is 2. The number of ketones is 2. The Balaban J connectivity index is 1.66. The largest absolute Gasteiger partial charge is 0.376 e. The lowest BCUT2D eigenvalue weighted by Gasteiger charge is -2.49. The molecule has 5 rings (SSSR count). The van der Waals surface area contributed by atoms with Gasteiger partial charge < -0.3 is 9.08 Å². The van der Waals surface area contributed by atoms with Crippen molar-refractivity contribution in [3.05, 3.63) is 79.6 Å². The summed E-state index contributed by atoms with van der Waals surface area (Å²) in [4.78, 5) is 29.7. The quantitative estimate of drug-likeness (QED) is 0.309. The zero-order valence-electron chi connectivity index (χ0n) is 23.6. The molecule has 3 aliphatic rings. The lowest BCUT2D eigenvalue weighted by molar-refractivity contribution is -0.119. The molecule has 0 atom stereocenters. The third kappa shape index (κ3) is 5.58. The first kappa shape index (κ1) is 30.1. The first-order valence-corrected chi connectivity index (χ1v) is 16.1. The highest BCUT2D eigenvalue weighted by Crippen LogP contribution is 2.55. The number of allylic oxidation sites excluding steroid dienone is 4. The Hall–Kier alpha value is -2.32. The summed E-state index contributed by atoms with van der Waals surface area (Å²) in [5, 5.41) is 0.293. The molecule has 0 spiro atoms. The number of benzene rings is 2. The van der Waals surface area contributed by atoms with Crippen molar-refractivity contribution >= 4 is 56.5 Å². The average molecular weight is 637 g/mol. The van der Waals surface area contributed by atoms with Crippen molar-refractivity contribution in [3.63, 3.8) is 0 Å². The Kier molecular flexibility index (Phi) is 7.68. The smallest absolute Gasteiger partial charge is 0.339 e. The van der Waals surface area contributed by atoms with Crippen molar-refractivity contribution < 1.29 is 22.2 Å². The molecular formula is C31H32Cl3NO5S. The van der Waals surface area contributed by atoms with Gasteiger partial charge in [0.05, 0.1) is 10.0 Å². The minimum Gasteiger partial charge on any atom is -0.376 e. The van der Waals surface area contributed by atoms with Gasteiger partial charge in [-0.3, -0.25) is 9.59 Å². The van der Waals surface area contributed by atoms with E-state index in [0.717, 1.165) is 11.4 Å². The van der Waals surface area contributed by atoms with Crippen molar-refractivity contribution in [2.45, 2.75) is 71.1 Å². The highest BCUT2D eigenvalue weighted by molar-refractivity contribution is 7.87.